The Bertz CT molecular complexity index is 690. The molecule has 1 N–H and O–H groups in total. The number of amides is 1. The zero-order valence-corrected chi connectivity index (χ0v) is 14.9. The van der Waals surface area contributed by atoms with Crippen molar-refractivity contribution in [3.8, 4) is 0 Å². The Morgan fingerprint density at radius 2 is 2.20 bits per heavy atom. The van der Waals surface area contributed by atoms with Gasteiger partial charge in [-0.05, 0) is 43.5 Å². The average molecular weight is 342 g/mol. The smallest absolute Gasteiger partial charge is 0.255 e. The van der Waals surface area contributed by atoms with Crippen LogP contribution in [0.5, 0.6) is 0 Å². The maximum Gasteiger partial charge on any atom is 0.255 e. The third-order valence-corrected chi connectivity index (χ3v) is 4.44. The minimum Gasteiger partial charge on any atom is -0.376 e. The van der Waals surface area contributed by atoms with Gasteiger partial charge in [-0.3, -0.25) is 9.48 Å². The lowest BCUT2D eigenvalue weighted by Crippen LogP contribution is -2.18. The van der Waals surface area contributed by atoms with E-state index in [1.54, 1.807) is 6.20 Å². The van der Waals surface area contributed by atoms with Gasteiger partial charge < -0.3 is 15.0 Å². The number of carbonyl (C=O) groups excluding carboxylic acids is 1. The molecule has 0 spiro atoms. The van der Waals surface area contributed by atoms with Crippen LogP contribution in [0.3, 0.4) is 0 Å². The normalized spacial score (nSPS) is 16.8. The SMILES string of the molecule is CCCN(C)c1ccc(C(=O)Nc2cnn(CC3CCCO3)c2)cc1. The molecule has 1 saturated heterocycles. The predicted molar refractivity (Wildman–Crippen MR) is 99.2 cm³/mol. The van der Waals surface area contributed by atoms with Crippen molar-refractivity contribution < 1.29 is 9.53 Å². The molecule has 1 aromatic carbocycles. The molecule has 0 aliphatic carbocycles. The Hall–Kier alpha value is -2.34. The van der Waals surface area contributed by atoms with Gasteiger partial charge in [0.15, 0.2) is 0 Å². The lowest BCUT2D eigenvalue weighted by molar-refractivity contribution is 0.0940. The second kappa shape index (κ2) is 8.16. The molecule has 2 heterocycles. The van der Waals surface area contributed by atoms with Crippen molar-refractivity contribution >= 4 is 17.3 Å². The Morgan fingerprint density at radius 3 is 2.88 bits per heavy atom. The summed E-state index contributed by atoms with van der Waals surface area (Å²) in [5.41, 5.74) is 2.46. The number of nitrogens with one attached hydrogen (secondary N) is 1. The summed E-state index contributed by atoms with van der Waals surface area (Å²) in [6, 6.07) is 7.66. The number of carbonyl (C=O) groups is 1. The summed E-state index contributed by atoms with van der Waals surface area (Å²) >= 11 is 0. The Labute approximate surface area is 148 Å². The van der Waals surface area contributed by atoms with Gasteiger partial charge in [-0.1, -0.05) is 6.92 Å². The van der Waals surface area contributed by atoms with E-state index in [4.69, 9.17) is 4.74 Å². The number of nitrogens with zero attached hydrogens (tertiary/aromatic N) is 3. The van der Waals surface area contributed by atoms with Crippen LogP contribution in [-0.2, 0) is 11.3 Å². The Morgan fingerprint density at radius 1 is 1.40 bits per heavy atom. The second-order valence-electron chi connectivity index (χ2n) is 6.51. The molecule has 6 nitrogen and oxygen atoms in total. The molecule has 3 rings (SSSR count). The summed E-state index contributed by atoms with van der Waals surface area (Å²) < 4.78 is 7.44. The van der Waals surface area contributed by atoms with Gasteiger partial charge in [0.25, 0.3) is 5.91 Å². The maximum absolute atomic E-state index is 12.4. The lowest BCUT2D eigenvalue weighted by atomic mass is 10.2. The van der Waals surface area contributed by atoms with E-state index in [2.05, 4.69) is 29.3 Å². The van der Waals surface area contributed by atoms with Crippen molar-refractivity contribution in [3.63, 3.8) is 0 Å². The van der Waals surface area contributed by atoms with E-state index < -0.39 is 0 Å². The van der Waals surface area contributed by atoms with E-state index >= 15 is 0 Å². The number of ether oxygens (including phenoxy) is 1. The standard InChI is InChI=1S/C19H26N4O2/c1-3-10-22(2)17-8-6-15(7-9-17)19(24)21-16-12-20-23(13-16)14-18-5-4-11-25-18/h6-9,12-13,18H,3-5,10-11,14H2,1-2H3,(H,21,24). The molecule has 0 saturated carbocycles. The molecule has 0 radical (unpaired) electrons. The molecule has 1 aliphatic heterocycles. The van der Waals surface area contributed by atoms with Crippen molar-refractivity contribution in [2.45, 2.75) is 38.8 Å². The third-order valence-electron chi connectivity index (χ3n) is 4.44. The second-order valence-corrected chi connectivity index (χ2v) is 6.51. The first-order chi connectivity index (χ1) is 12.2. The summed E-state index contributed by atoms with van der Waals surface area (Å²) in [5, 5.41) is 7.20. The zero-order chi connectivity index (χ0) is 17.6. The van der Waals surface area contributed by atoms with Crippen LogP contribution in [0.25, 0.3) is 0 Å². The predicted octanol–water partition coefficient (Wildman–Crippen LogP) is 3.16. The quantitative estimate of drug-likeness (QED) is 0.840. The summed E-state index contributed by atoms with van der Waals surface area (Å²) in [4.78, 5) is 14.6. The van der Waals surface area contributed by atoms with Gasteiger partial charge in [0.05, 0.1) is 24.5 Å². The van der Waals surface area contributed by atoms with E-state index in [1.807, 2.05) is 35.1 Å². The van der Waals surface area contributed by atoms with Gasteiger partial charge in [-0.2, -0.15) is 5.10 Å². The molecule has 1 unspecified atom stereocenters. The molecule has 2 aromatic rings. The fourth-order valence-electron chi connectivity index (χ4n) is 3.06. The number of benzene rings is 1. The molecule has 134 valence electrons. The van der Waals surface area contributed by atoms with Crippen LogP contribution in [0.4, 0.5) is 11.4 Å². The van der Waals surface area contributed by atoms with Gasteiger partial charge >= 0.3 is 0 Å². The van der Waals surface area contributed by atoms with Gasteiger partial charge in [0.2, 0.25) is 0 Å². The topological polar surface area (TPSA) is 59.4 Å². The van der Waals surface area contributed by atoms with E-state index in [1.165, 1.54) is 0 Å². The van der Waals surface area contributed by atoms with Crippen molar-refractivity contribution in [3.05, 3.63) is 42.2 Å². The molecule has 6 heteroatoms. The highest BCUT2D eigenvalue weighted by molar-refractivity contribution is 6.04. The fraction of sp³-hybridized carbons (Fsp3) is 0.474. The fourth-order valence-corrected chi connectivity index (χ4v) is 3.06. The number of aromatic nitrogens is 2. The summed E-state index contributed by atoms with van der Waals surface area (Å²) in [6.45, 7) is 4.71. The zero-order valence-electron chi connectivity index (χ0n) is 14.9. The van der Waals surface area contributed by atoms with E-state index in [0.717, 1.165) is 44.6 Å². The molecule has 1 fully saturated rings. The molecule has 1 aliphatic rings. The van der Waals surface area contributed by atoms with Crippen LogP contribution in [0, 0.1) is 0 Å². The molecule has 25 heavy (non-hydrogen) atoms. The first-order valence-corrected chi connectivity index (χ1v) is 8.92. The van der Waals surface area contributed by atoms with Gasteiger partial charge in [-0.25, -0.2) is 0 Å². The van der Waals surface area contributed by atoms with E-state index in [0.29, 0.717) is 11.3 Å². The number of hydrogen-bond acceptors (Lipinski definition) is 4. The number of hydrogen-bond donors (Lipinski definition) is 1. The van der Waals surface area contributed by atoms with Crippen LogP contribution in [-0.4, -0.2) is 42.0 Å². The van der Waals surface area contributed by atoms with Crippen LogP contribution in [0.15, 0.2) is 36.7 Å². The number of anilines is 2. The van der Waals surface area contributed by atoms with Crippen molar-refractivity contribution in [1.29, 1.82) is 0 Å². The minimum absolute atomic E-state index is 0.124. The van der Waals surface area contributed by atoms with Crippen molar-refractivity contribution in [1.82, 2.24) is 9.78 Å². The summed E-state index contributed by atoms with van der Waals surface area (Å²) in [5.74, 6) is -0.124. The maximum atomic E-state index is 12.4. The van der Waals surface area contributed by atoms with Crippen LogP contribution < -0.4 is 10.2 Å². The first-order valence-electron chi connectivity index (χ1n) is 8.92. The molecule has 1 amide bonds. The van der Waals surface area contributed by atoms with Gasteiger partial charge in [0, 0.05) is 37.6 Å². The van der Waals surface area contributed by atoms with Gasteiger partial charge in [-0.15, -0.1) is 0 Å². The monoisotopic (exact) mass is 342 g/mol. The van der Waals surface area contributed by atoms with Crippen LogP contribution in [0.2, 0.25) is 0 Å². The first kappa shape index (κ1) is 17.5. The van der Waals surface area contributed by atoms with Gasteiger partial charge in [0.1, 0.15) is 0 Å². The highest BCUT2D eigenvalue weighted by Gasteiger charge is 2.16. The third kappa shape index (κ3) is 4.60. The minimum atomic E-state index is -0.124. The Kier molecular flexibility index (Phi) is 5.71. The molecular weight excluding hydrogens is 316 g/mol. The molecule has 1 atom stereocenters. The van der Waals surface area contributed by atoms with Crippen molar-refractivity contribution in [2.24, 2.45) is 0 Å². The van der Waals surface area contributed by atoms with E-state index in [-0.39, 0.29) is 12.0 Å². The average Bonchev–Trinajstić information content (AvgIpc) is 3.28. The van der Waals surface area contributed by atoms with Crippen molar-refractivity contribution in [2.75, 3.05) is 30.4 Å². The summed E-state index contributed by atoms with van der Waals surface area (Å²) in [6.07, 6.45) is 7.03. The van der Waals surface area contributed by atoms with E-state index in [9.17, 15) is 4.79 Å². The van der Waals surface area contributed by atoms with Crippen LogP contribution >= 0.6 is 0 Å². The van der Waals surface area contributed by atoms with Crippen LogP contribution in [0.1, 0.15) is 36.5 Å². The largest absolute Gasteiger partial charge is 0.376 e. The molecule has 0 bridgehead atoms. The highest BCUT2D eigenvalue weighted by atomic mass is 16.5. The lowest BCUT2D eigenvalue weighted by Gasteiger charge is -2.18. The highest BCUT2D eigenvalue weighted by Crippen LogP contribution is 2.17. The molecule has 1 aromatic heterocycles. The Balaban J connectivity index is 1.57. The number of rotatable bonds is 7. The summed E-state index contributed by atoms with van der Waals surface area (Å²) in [7, 11) is 2.06. The molecular formula is C19H26N4O2.